The smallest absolute Gasteiger partial charge is 0.328 e. The summed E-state index contributed by atoms with van der Waals surface area (Å²) in [5, 5.41) is 4.18. The van der Waals surface area contributed by atoms with E-state index in [1.807, 2.05) is 12.1 Å². The highest BCUT2D eigenvalue weighted by molar-refractivity contribution is 7.77. The number of carbonyl (C=O) groups excluding carboxylic acids is 1. The number of nitrogens with one attached hydrogen (secondary N) is 1. The highest BCUT2D eigenvalue weighted by atomic mass is 31.2. The van der Waals surface area contributed by atoms with Crippen molar-refractivity contribution in [3.05, 3.63) is 96.3 Å². The average molecular weight is 397 g/mol. The molecule has 6 heteroatoms. The Bertz CT molecular complexity index is 919. The van der Waals surface area contributed by atoms with Crippen LogP contribution in [0.15, 0.2) is 84.9 Å². The molecule has 3 aromatic carbocycles. The zero-order valence-electron chi connectivity index (χ0n) is 15.4. The number of rotatable bonds is 7. The van der Waals surface area contributed by atoms with Crippen LogP contribution in [0.1, 0.15) is 18.5 Å². The summed E-state index contributed by atoms with van der Waals surface area (Å²) in [6.45, 7) is 1.88. The summed E-state index contributed by atoms with van der Waals surface area (Å²) in [6, 6.07) is 22.4. The van der Waals surface area contributed by atoms with E-state index in [1.54, 1.807) is 55.5 Å². The van der Waals surface area contributed by atoms with Crippen LogP contribution < -0.4 is 15.7 Å². The summed E-state index contributed by atoms with van der Waals surface area (Å²) >= 11 is 0. The molecule has 0 heterocycles. The molecule has 0 aliphatic rings. The van der Waals surface area contributed by atoms with Gasteiger partial charge < -0.3 is 4.74 Å². The zero-order valence-corrected chi connectivity index (χ0v) is 16.3. The van der Waals surface area contributed by atoms with E-state index in [9.17, 15) is 13.8 Å². The maximum Gasteiger partial charge on any atom is 0.328 e. The Morgan fingerprint density at radius 2 is 1.43 bits per heavy atom. The Hall–Kier alpha value is -2.75. The molecule has 0 aliphatic carbocycles. The first-order valence-corrected chi connectivity index (χ1v) is 10.7. The number of esters is 1. The fraction of sp³-hybridized carbons (Fsp3) is 0.136. The molecule has 0 aliphatic heterocycles. The lowest BCUT2D eigenvalue weighted by molar-refractivity contribution is -0.145. The molecular weight excluding hydrogens is 376 g/mol. The summed E-state index contributed by atoms with van der Waals surface area (Å²) in [5.41, 5.74) is 0.479. The van der Waals surface area contributed by atoms with E-state index >= 15 is 0 Å². The maximum atomic E-state index is 14.2. The molecule has 0 bridgehead atoms. The molecule has 0 aromatic heterocycles. The molecule has 3 rings (SSSR count). The highest BCUT2D eigenvalue weighted by Gasteiger charge is 2.34. The summed E-state index contributed by atoms with van der Waals surface area (Å²) in [6.07, 6.45) is 0. The summed E-state index contributed by atoms with van der Waals surface area (Å²) in [5.74, 6) is -0.984. The number of ether oxygens (including phenoxy) is 1. The predicted octanol–water partition coefficient (Wildman–Crippen LogP) is 3.95. The van der Waals surface area contributed by atoms with Crippen molar-refractivity contribution in [2.24, 2.45) is 0 Å². The van der Waals surface area contributed by atoms with E-state index in [2.05, 4.69) is 5.09 Å². The molecule has 0 saturated heterocycles. The van der Waals surface area contributed by atoms with Gasteiger partial charge >= 0.3 is 5.97 Å². The van der Waals surface area contributed by atoms with Gasteiger partial charge in [-0.2, -0.15) is 0 Å². The van der Waals surface area contributed by atoms with Crippen LogP contribution in [-0.4, -0.2) is 12.6 Å². The maximum absolute atomic E-state index is 14.2. The van der Waals surface area contributed by atoms with Crippen molar-refractivity contribution < 1.29 is 18.5 Å². The third kappa shape index (κ3) is 4.38. The first kappa shape index (κ1) is 20.0. The minimum absolute atomic E-state index is 0.180. The summed E-state index contributed by atoms with van der Waals surface area (Å²) in [4.78, 5) is 12.7. The summed E-state index contributed by atoms with van der Waals surface area (Å²) in [7, 11) is -3.38. The van der Waals surface area contributed by atoms with Gasteiger partial charge in [0, 0.05) is 10.6 Å². The summed E-state index contributed by atoms with van der Waals surface area (Å²) < 4.78 is 32.7. The molecule has 28 heavy (non-hydrogen) atoms. The van der Waals surface area contributed by atoms with E-state index in [1.165, 1.54) is 24.3 Å². The first-order chi connectivity index (χ1) is 13.5. The molecule has 1 atom stereocenters. The van der Waals surface area contributed by atoms with Crippen molar-refractivity contribution >= 4 is 23.9 Å². The number of hydrogen-bond acceptors (Lipinski definition) is 3. The molecule has 0 amide bonds. The molecule has 144 valence electrons. The first-order valence-electron chi connectivity index (χ1n) is 8.96. The second-order valence-corrected chi connectivity index (χ2v) is 8.66. The Labute approximate surface area is 163 Å². The van der Waals surface area contributed by atoms with Gasteiger partial charge in [0.15, 0.2) is 0 Å². The lowest BCUT2D eigenvalue weighted by Gasteiger charge is -2.26. The van der Waals surface area contributed by atoms with E-state index < -0.39 is 25.1 Å². The molecule has 0 radical (unpaired) electrons. The minimum Gasteiger partial charge on any atom is -0.465 e. The van der Waals surface area contributed by atoms with Gasteiger partial charge in [-0.05, 0) is 48.9 Å². The molecule has 1 N–H and O–H groups in total. The van der Waals surface area contributed by atoms with Crippen molar-refractivity contribution in [1.82, 2.24) is 5.09 Å². The van der Waals surface area contributed by atoms with Crippen LogP contribution in [0.3, 0.4) is 0 Å². The number of carbonyl (C=O) groups is 1. The lowest BCUT2D eigenvalue weighted by Crippen LogP contribution is -2.35. The Morgan fingerprint density at radius 3 is 1.89 bits per heavy atom. The standard InChI is InChI=1S/C22H21FNO3P/c1-2-27-22(25)21(17-13-15-18(23)16-14-17)24-28(26,19-9-5-3-6-10-19)20-11-7-4-8-12-20/h3-16,21H,2H2,1H3,(H,24,26)/t21-/m1/s1. The second-order valence-electron chi connectivity index (χ2n) is 6.15. The van der Waals surface area contributed by atoms with Crippen LogP contribution in [0.2, 0.25) is 0 Å². The van der Waals surface area contributed by atoms with Crippen LogP contribution in [-0.2, 0) is 14.1 Å². The van der Waals surface area contributed by atoms with Crippen LogP contribution in [0, 0.1) is 5.82 Å². The highest BCUT2D eigenvalue weighted by Crippen LogP contribution is 2.42. The fourth-order valence-electron chi connectivity index (χ4n) is 2.90. The average Bonchev–Trinajstić information content (AvgIpc) is 2.74. The van der Waals surface area contributed by atoms with E-state index in [0.717, 1.165) is 0 Å². The quantitative estimate of drug-likeness (QED) is 0.485. The van der Waals surface area contributed by atoms with Gasteiger partial charge in [0.25, 0.3) is 0 Å². The SMILES string of the molecule is CCOC(=O)[C@H](NP(=O)(c1ccccc1)c1ccccc1)c1ccc(F)cc1. The van der Waals surface area contributed by atoms with E-state index in [0.29, 0.717) is 16.2 Å². The molecule has 4 nitrogen and oxygen atoms in total. The van der Waals surface area contributed by atoms with Gasteiger partial charge in [0.05, 0.1) is 6.61 Å². The normalized spacial score (nSPS) is 12.4. The van der Waals surface area contributed by atoms with Crippen LogP contribution in [0.4, 0.5) is 4.39 Å². The zero-order chi connectivity index (χ0) is 20.0. The van der Waals surface area contributed by atoms with Crippen LogP contribution >= 0.6 is 7.29 Å². The molecule has 0 unspecified atom stereocenters. The van der Waals surface area contributed by atoms with Gasteiger partial charge in [-0.1, -0.05) is 48.5 Å². The Kier molecular flexibility index (Phi) is 6.40. The predicted molar refractivity (Wildman–Crippen MR) is 109 cm³/mol. The van der Waals surface area contributed by atoms with E-state index in [-0.39, 0.29) is 6.61 Å². The molecule has 0 fully saturated rings. The van der Waals surface area contributed by atoms with Crippen molar-refractivity contribution in [1.29, 1.82) is 0 Å². The topological polar surface area (TPSA) is 55.4 Å². The Morgan fingerprint density at radius 1 is 0.929 bits per heavy atom. The second kappa shape index (κ2) is 8.96. The fourth-order valence-corrected chi connectivity index (χ4v) is 5.30. The minimum atomic E-state index is -3.38. The third-order valence-electron chi connectivity index (χ3n) is 4.28. The molecular formula is C22H21FNO3P. The Balaban J connectivity index is 2.09. The van der Waals surface area contributed by atoms with Gasteiger partial charge in [-0.25, -0.2) is 14.3 Å². The van der Waals surface area contributed by atoms with Crippen molar-refractivity contribution in [2.45, 2.75) is 13.0 Å². The number of hydrogen-bond donors (Lipinski definition) is 1. The lowest BCUT2D eigenvalue weighted by atomic mass is 10.1. The van der Waals surface area contributed by atoms with E-state index in [4.69, 9.17) is 4.74 Å². The van der Waals surface area contributed by atoms with Gasteiger partial charge in [-0.3, -0.25) is 4.57 Å². The van der Waals surface area contributed by atoms with Crippen LogP contribution in [0.5, 0.6) is 0 Å². The van der Waals surface area contributed by atoms with Gasteiger partial charge in [-0.15, -0.1) is 0 Å². The third-order valence-corrected chi connectivity index (χ3v) is 6.95. The number of halogens is 1. The number of benzene rings is 3. The molecule has 0 saturated carbocycles. The van der Waals surface area contributed by atoms with Crippen LogP contribution in [0.25, 0.3) is 0 Å². The van der Waals surface area contributed by atoms with Crippen molar-refractivity contribution in [3.63, 3.8) is 0 Å². The monoisotopic (exact) mass is 397 g/mol. The molecule has 3 aromatic rings. The van der Waals surface area contributed by atoms with Crippen molar-refractivity contribution in [2.75, 3.05) is 6.61 Å². The van der Waals surface area contributed by atoms with Gasteiger partial charge in [0.2, 0.25) is 7.29 Å². The van der Waals surface area contributed by atoms with Gasteiger partial charge in [0.1, 0.15) is 11.9 Å². The molecule has 0 spiro atoms. The largest absolute Gasteiger partial charge is 0.465 e. The van der Waals surface area contributed by atoms with Crippen molar-refractivity contribution in [3.8, 4) is 0 Å².